The zero-order valence-corrected chi connectivity index (χ0v) is 15.7. The van der Waals surface area contributed by atoms with Gasteiger partial charge in [0.1, 0.15) is 24.1 Å². The van der Waals surface area contributed by atoms with E-state index >= 15 is 0 Å². The van der Waals surface area contributed by atoms with Gasteiger partial charge in [-0.1, -0.05) is 0 Å². The summed E-state index contributed by atoms with van der Waals surface area (Å²) in [6, 6.07) is 2.34. The number of amidine groups is 1. The average Bonchev–Trinajstić information content (AvgIpc) is 3.23. The van der Waals surface area contributed by atoms with Crippen molar-refractivity contribution in [1.82, 2.24) is 24.2 Å². The number of aromatic nitrogens is 3. The standard InChI is InChI=1S/C16H23N7O2S/c1-22(16-13-3-5-17-15(13)18-10-19-16)12-4-6-23-9-11(21-14(23)7-12)8-20-26(2,24)25/h3,5,9,12,17-18,20H,4,6-8,10H2,1-2H3. The van der Waals surface area contributed by atoms with E-state index in [0.717, 1.165) is 54.4 Å². The second-order valence-corrected chi connectivity index (χ2v) is 8.61. The third-order valence-electron chi connectivity index (χ3n) is 4.90. The van der Waals surface area contributed by atoms with E-state index in [-0.39, 0.29) is 6.54 Å². The number of H-pyrrole nitrogens is 1. The van der Waals surface area contributed by atoms with Crippen LogP contribution in [0.2, 0.25) is 0 Å². The molecule has 4 rings (SSSR count). The van der Waals surface area contributed by atoms with Crippen LogP contribution in [0, 0.1) is 0 Å². The van der Waals surface area contributed by atoms with Crippen LogP contribution in [0.3, 0.4) is 0 Å². The van der Waals surface area contributed by atoms with Crippen LogP contribution in [-0.4, -0.2) is 59.7 Å². The second kappa shape index (κ2) is 6.44. The van der Waals surface area contributed by atoms with Gasteiger partial charge in [-0.2, -0.15) is 0 Å². The lowest BCUT2D eigenvalue weighted by atomic mass is 10.0. The maximum absolute atomic E-state index is 11.3. The van der Waals surface area contributed by atoms with Crippen molar-refractivity contribution < 1.29 is 8.42 Å². The monoisotopic (exact) mass is 377 g/mol. The van der Waals surface area contributed by atoms with Crippen molar-refractivity contribution in [2.24, 2.45) is 4.99 Å². The van der Waals surface area contributed by atoms with Crippen LogP contribution in [-0.2, 0) is 29.5 Å². The molecule has 10 heteroatoms. The number of sulfonamides is 1. The van der Waals surface area contributed by atoms with Crippen LogP contribution >= 0.6 is 0 Å². The topological polar surface area (TPSA) is 107 Å². The zero-order chi connectivity index (χ0) is 18.3. The van der Waals surface area contributed by atoms with Crippen molar-refractivity contribution in [2.45, 2.75) is 32.0 Å². The molecular formula is C16H23N7O2S. The Morgan fingerprint density at radius 3 is 3.12 bits per heavy atom. The smallest absolute Gasteiger partial charge is 0.209 e. The summed E-state index contributed by atoms with van der Waals surface area (Å²) >= 11 is 0. The van der Waals surface area contributed by atoms with Gasteiger partial charge in [0, 0.05) is 38.4 Å². The largest absolute Gasteiger partial charge is 0.356 e. The van der Waals surface area contributed by atoms with Crippen LogP contribution < -0.4 is 10.0 Å². The average molecular weight is 377 g/mol. The SMILES string of the molecule is CN(C1=NCNc2[nH]ccc21)C1CCn2cc(CNS(C)(=O)=O)nc2C1. The molecule has 26 heavy (non-hydrogen) atoms. The summed E-state index contributed by atoms with van der Waals surface area (Å²) in [4.78, 5) is 14.7. The molecule has 0 aromatic carbocycles. The minimum Gasteiger partial charge on any atom is -0.356 e. The third kappa shape index (κ3) is 3.34. The maximum atomic E-state index is 11.3. The highest BCUT2D eigenvalue weighted by molar-refractivity contribution is 7.88. The summed E-state index contributed by atoms with van der Waals surface area (Å²) in [5, 5.41) is 3.23. The highest BCUT2D eigenvalue weighted by atomic mass is 32.2. The van der Waals surface area contributed by atoms with Gasteiger partial charge in [0.15, 0.2) is 0 Å². The van der Waals surface area contributed by atoms with E-state index in [9.17, 15) is 8.42 Å². The van der Waals surface area contributed by atoms with Gasteiger partial charge in [-0.05, 0) is 12.5 Å². The molecule has 0 saturated heterocycles. The number of aliphatic imine (C=N–C) groups is 1. The number of anilines is 1. The number of rotatable bonds is 4. The number of hydrogen-bond donors (Lipinski definition) is 3. The van der Waals surface area contributed by atoms with E-state index < -0.39 is 10.0 Å². The molecule has 3 N–H and O–H groups in total. The molecule has 2 aliphatic rings. The van der Waals surface area contributed by atoms with Gasteiger partial charge >= 0.3 is 0 Å². The number of likely N-dealkylation sites (N-methyl/N-ethyl adjacent to an activating group) is 1. The molecule has 140 valence electrons. The minimum atomic E-state index is -3.22. The molecule has 9 nitrogen and oxygen atoms in total. The summed E-state index contributed by atoms with van der Waals surface area (Å²) in [7, 11) is -1.14. The highest BCUT2D eigenvalue weighted by Gasteiger charge is 2.28. The molecule has 2 aromatic heterocycles. The molecule has 2 aliphatic heterocycles. The molecular weight excluding hydrogens is 354 g/mol. The van der Waals surface area contributed by atoms with Gasteiger partial charge < -0.3 is 19.8 Å². The molecule has 0 amide bonds. The number of nitrogens with zero attached hydrogens (tertiary/aromatic N) is 4. The van der Waals surface area contributed by atoms with Crippen molar-refractivity contribution in [2.75, 3.05) is 25.3 Å². The van der Waals surface area contributed by atoms with E-state index in [2.05, 4.69) is 41.5 Å². The molecule has 1 unspecified atom stereocenters. The van der Waals surface area contributed by atoms with Crippen molar-refractivity contribution in [3.63, 3.8) is 0 Å². The Balaban J connectivity index is 1.48. The van der Waals surface area contributed by atoms with Gasteiger partial charge in [0.25, 0.3) is 0 Å². The van der Waals surface area contributed by atoms with Crippen LogP contribution in [0.4, 0.5) is 5.82 Å². The number of hydrogen-bond acceptors (Lipinski definition) is 6. The fourth-order valence-electron chi connectivity index (χ4n) is 3.55. The molecule has 2 aromatic rings. The number of nitrogens with one attached hydrogen (secondary N) is 3. The fraction of sp³-hybridized carbons (Fsp3) is 0.500. The first-order valence-electron chi connectivity index (χ1n) is 8.59. The highest BCUT2D eigenvalue weighted by Crippen LogP contribution is 2.24. The summed E-state index contributed by atoms with van der Waals surface area (Å²) in [6.45, 7) is 1.65. The third-order valence-corrected chi connectivity index (χ3v) is 5.57. The number of aryl methyl sites for hydroxylation is 1. The van der Waals surface area contributed by atoms with E-state index in [1.54, 1.807) is 0 Å². The minimum absolute atomic E-state index is 0.227. The van der Waals surface area contributed by atoms with Crippen molar-refractivity contribution in [1.29, 1.82) is 0 Å². The summed E-state index contributed by atoms with van der Waals surface area (Å²) in [5.74, 6) is 2.99. The maximum Gasteiger partial charge on any atom is 0.209 e. The molecule has 0 aliphatic carbocycles. The number of aromatic amines is 1. The van der Waals surface area contributed by atoms with E-state index in [4.69, 9.17) is 0 Å². The molecule has 0 radical (unpaired) electrons. The van der Waals surface area contributed by atoms with Crippen LogP contribution in [0.25, 0.3) is 0 Å². The first-order chi connectivity index (χ1) is 12.4. The van der Waals surface area contributed by atoms with Gasteiger partial charge in [-0.3, -0.25) is 0 Å². The summed E-state index contributed by atoms with van der Waals surface area (Å²) in [5.41, 5.74) is 1.84. The normalized spacial score (nSPS) is 19.3. The van der Waals surface area contributed by atoms with Gasteiger partial charge in [0.05, 0.1) is 24.1 Å². The predicted molar refractivity (Wildman–Crippen MR) is 99.6 cm³/mol. The molecule has 0 bridgehead atoms. The van der Waals surface area contributed by atoms with Crippen LogP contribution in [0.15, 0.2) is 23.5 Å². The quantitative estimate of drug-likeness (QED) is 0.712. The lowest BCUT2D eigenvalue weighted by Gasteiger charge is -2.35. The Morgan fingerprint density at radius 2 is 2.31 bits per heavy atom. The van der Waals surface area contributed by atoms with Gasteiger partial charge in [-0.25, -0.2) is 23.1 Å². The second-order valence-electron chi connectivity index (χ2n) is 6.78. The molecule has 0 fully saturated rings. The van der Waals surface area contributed by atoms with Crippen LogP contribution in [0.1, 0.15) is 23.5 Å². The van der Waals surface area contributed by atoms with Crippen molar-refractivity contribution >= 4 is 21.7 Å². The number of imidazole rings is 1. The first-order valence-corrected chi connectivity index (χ1v) is 10.5. The Morgan fingerprint density at radius 1 is 1.46 bits per heavy atom. The Labute approximate surface area is 152 Å². The van der Waals surface area contributed by atoms with Crippen molar-refractivity contribution in [3.05, 3.63) is 35.5 Å². The van der Waals surface area contributed by atoms with Crippen LogP contribution in [0.5, 0.6) is 0 Å². The summed E-state index contributed by atoms with van der Waals surface area (Å²) in [6.07, 6.45) is 6.81. The zero-order valence-electron chi connectivity index (χ0n) is 14.9. The van der Waals surface area contributed by atoms with E-state index in [1.165, 1.54) is 0 Å². The van der Waals surface area contributed by atoms with Gasteiger partial charge in [-0.15, -0.1) is 0 Å². The van der Waals surface area contributed by atoms with E-state index in [1.807, 2.05) is 18.5 Å². The molecule has 0 saturated carbocycles. The van der Waals surface area contributed by atoms with Gasteiger partial charge in [0.2, 0.25) is 10.0 Å². The fourth-order valence-corrected chi connectivity index (χ4v) is 3.96. The molecule has 0 spiro atoms. The Kier molecular flexibility index (Phi) is 4.23. The van der Waals surface area contributed by atoms with Crippen molar-refractivity contribution in [3.8, 4) is 0 Å². The number of fused-ring (bicyclic) bond motifs is 2. The molecule has 4 heterocycles. The Hall–Kier alpha value is -2.33. The lowest BCUT2D eigenvalue weighted by molar-refractivity contribution is 0.294. The summed E-state index contributed by atoms with van der Waals surface area (Å²) < 4.78 is 27.2. The first kappa shape index (κ1) is 17.1. The predicted octanol–water partition coefficient (Wildman–Crippen LogP) is 0.337. The van der Waals surface area contributed by atoms with E-state index in [0.29, 0.717) is 12.7 Å². The lowest BCUT2D eigenvalue weighted by Crippen LogP contribution is -2.43. The molecule has 1 atom stereocenters. The Bertz CT molecular complexity index is 944.